The van der Waals surface area contributed by atoms with E-state index in [0.717, 1.165) is 11.3 Å². The topological polar surface area (TPSA) is 46.9 Å². The number of nitrogens with zero attached hydrogens (tertiary/aromatic N) is 2. The summed E-state index contributed by atoms with van der Waals surface area (Å²) in [4.78, 5) is 12.2. The summed E-state index contributed by atoms with van der Waals surface area (Å²) in [6, 6.07) is 0. The molecule has 102 valence electrons. The number of hydrogen-bond acceptors (Lipinski definition) is 2. The Morgan fingerprint density at radius 2 is 1.94 bits per heavy atom. The van der Waals surface area contributed by atoms with Gasteiger partial charge >= 0.3 is 0 Å². The van der Waals surface area contributed by atoms with Crippen LogP contribution in [-0.4, -0.2) is 22.2 Å². The Balaban J connectivity index is 3.04. The molecule has 1 amide bonds. The number of carbonyl (C=O) groups is 1. The summed E-state index contributed by atoms with van der Waals surface area (Å²) >= 11 is 0. The molecule has 4 heteroatoms. The third-order valence-corrected chi connectivity index (χ3v) is 2.88. The Labute approximate surface area is 110 Å². The van der Waals surface area contributed by atoms with E-state index < -0.39 is 0 Å². The molecule has 0 saturated heterocycles. The maximum absolute atomic E-state index is 12.2. The smallest absolute Gasteiger partial charge is 0.269 e. The SMILES string of the molecule is Cc1c(C(C)(C)C)nn(C)c1C(=O)NCC(C)C. The van der Waals surface area contributed by atoms with Crippen LogP contribution in [0.3, 0.4) is 0 Å². The minimum Gasteiger partial charge on any atom is -0.350 e. The molecule has 0 saturated carbocycles. The van der Waals surface area contributed by atoms with Gasteiger partial charge in [-0.2, -0.15) is 5.10 Å². The summed E-state index contributed by atoms with van der Waals surface area (Å²) < 4.78 is 1.69. The minimum atomic E-state index is -0.0432. The number of nitrogens with one attached hydrogen (secondary N) is 1. The Bertz CT molecular complexity index is 439. The van der Waals surface area contributed by atoms with Crippen LogP contribution in [0.1, 0.15) is 56.4 Å². The molecule has 0 unspecified atom stereocenters. The van der Waals surface area contributed by atoms with Crippen molar-refractivity contribution in [1.29, 1.82) is 0 Å². The lowest BCUT2D eigenvalue weighted by Gasteiger charge is -2.16. The number of rotatable bonds is 3. The molecular weight excluding hydrogens is 226 g/mol. The Morgan fingerprint density at radius 3 is 2.33 bits per heavy atom. The van der Waals surface area contributed by atoms with Gasteiger partial charge in [-0.1, -0.05) is 34.6 Å². The van der Waals surface area contributed by atoms with E-state index in [1.807, 2.05) is 14.0 Å². The van der Waals surface area contributed by atoms with Crippen LogP contribution in [-0.2, 0) is 12.5 Å². The zero-order valence-corrected chi connectivity index (χ0v) is 12.6. The van der Waals surface area contributed by atoms with Crippen molar-refractivity contribution in [2.24, 2.45) is 13.0 Å². The van der Waals surface area contributed by atoms with Gasteiger partial charge in [0.25, 0.3) is 5.91 Å². The average Bonchev–Trinajstić information content (AvgIpc) is 2.50. The number of amides is 1. The molecule has 0 aromatic carbocycles. The molecule has 0 radical (unpaired) electrons. The minimum absolute atomic E-state index is 0.0355. The van der Waals surface area contributed by atoms with Crippen LogP contribution in [0.15, 0.2) is 0 Å². The third kappa shape index (κ3) is 3.12. The summed E-state index contributed by atoms with van der Waals surface area (Å²) in [5.41, 5.74) is 2.59. The molecule has 0 aliphatic rings. The zero-order valence-electron chi connectivity index (χ0n) is 12.6. The molecule has 1 aromatic heterocycles. The van der Waals surface area contributed by atoms with Gasteiger partial charge in [-0.25, -0.2) is 0 Å². The van der Waals surface area contributed by atoms with E-state index >= 15 is 0 Å². The van der Waals surface area contributed by atoms with Gasteiger partial charge in [0.1, 0.15) is 5.69 Å². The predicted molar refractivity (Wildman–Crippen MR) is 73.8 cm³/mol. The van der Waals surface area contributed by atoms with Crippen LogP contribution in [0, 0.1) is 12.8 Å². The van der Waals surface area contributed by atoms with Gasteiger partial charge in [-0.15, -0.1) is 0 Å². The highest BCUT2D eigenvalue weighted by molar-refractivity contribution is 5.94. The molecule has 1 rings (SSSR count). The van der Waals surface area contributed by atoms with Gasteiger partial charge in [-0.3, -0.25) is 9.48 Å². The lowest BCUT2D eigenvalue weighted by Crippen LogP contribution is -2.29. The lowest BCUT2D eigenvalue weighted by atomic mass is 9.89. The van der Waals surface area contributed by atoms with Crippen LogP contribution in [0.2, 0.25) is 0 Å². The van der Waals surface area contributed by atoms with Crippen LogP contribution in [0.5, 0.6) is 0 Å². The van der Waals surface area contributed by atoms with Crippen LogP contribution in [0.4, 0.5) is 0 Å². The van der Waals surface area contributed by atoms with Crippen LogP contribution < -0.4 is 5.32 Å². The van der Waals surface area contributed by atoms with Crippen molar-refractivity contribution in [2.45, 2.75) is 47.0 Å². The van der Waals surface area contributed by atoms with Crippen molar-refractivity contribution >= 4 is 5.91 Å². The van der Waals surface area contributed by atoms with E-state index in [-0.39, 0.29) is 11.3 Å². The molecular formula is C14H25N3O. The van der Waals surface area contributed by atoms with E-state index in [4.69, 9.17) is 0 Å². The van der Waals surface area contributed by atoms with Gasteiger partial charge < -0.3 is 5.32 Å². The molecule has 4 nitrogen and oxygen atoms in total. The van der Waals surface area contributed by atoms with Crippen LogP contribution in [0.25, 0.3) is 0 Å². The van der Waals surface area contributed by atoms with E-state index in [9.17, 15) is 4.79 Å². The van der Waals surface area contributed by atoms with Crippen molar-refractivity contribution in [2.75, 3.05) is 6.54 Å². The fraction of sp³-hybridized carbons (Fsp3) is 0.714. The number of aromatic nitrogens is 2. The first-order valence-corrected chi connectivity index (χ1v) is 6.47. The van der Waals surface area contributed by atoms with Gasteiger partial charge in [0.2, 0.25) is 0 Å². The fourth-order valence-corrected chi connectivity index (χ4v) is 2.04. The fourth-order valence-electron chi connectivity index (χ4n) is 2.04. The predicted octanol–water partition coefficient (Wildman–Crippen LogP) is 2.41. The number of hydrogen-bond donors (Lipinski definition) is 1. The summed E-state index contributed by atoms with van der Waals surface area (Å²) in [5, 5.41) is 7.43. The van der Waals surface area contributed by atoms with Crippen LogP contribution >= 0.6 is 0 Å². The number of carbonyl (C=O) groups excluding carboxylic acids is 1. The summed E-state index contributed by atoms with van der Waals surface area (Å²) in [6.45, 7) is 13.1. The maximum Gasteiger partial charge on any atom is 0.269 e. The third-order valence-electron chi connectivity index (χ3n) is 2.88. The molecule has 0 bridgehead atoms. The molecule has 0 aliphatic carbocycles. The Hall–Kier alpha value is -1.32. The van der Waals surface area contributed by atoms with Gasteiger partial charge in [0.15, 0.2) is 0 Å². The molecule has 0 atom stereocenters. The first-order valence-electron chi connectivity index (χ1n) is 6.47. The average molecular weight is 251 g/mol. The largest absolute Gasteiger partial charge is 0.350 e. The van der Waals surface area contributed by atoms with Gasteiger partial charge in [-0.05, 0) is 12.8 Å². The summed E-state index contributed by atoms with van der Waals surface area (Å²) in [5.74, 6) is 0.413. The lowest BCUT2D eigenvalue weighted by molar-refractivity contribution is 0.0939. The normalized spacial score (nSPS) is 12.0. The standard InChI is InChI=1S/C14H25N3O/c1-9(2)8-15-13(18)11-10(3)12(14(4,5)6)16-17(11)7/h9H,8H2,1-7H3,(H,15,18). The highest BCUT2D eigenvalue weighted by Gasteiger charge is 2.26. The highest BCUT2D eigenvalue weighted by atomic mass is 16.2. The second kappa shape index (κ2) is 5.12. The molecule has 18 heavy (non-hydrogen) atoms. The Morgan fingerprint density at radius 1 is 1.39 bits per heavy atom. The van der Waals surface area contributed by atoms with Crippen molar-refractivity contribution in [3.05, 3.63) is 17.0 Å². The molecule has 1 heterocycles. The molecule has 0 spiro atoms. The number of aryl methyl sites for hydroxylation is 1. The van der Waals surface area contributed by atoms with Crippen molar-refractivity contribution in [3.63, 3.8) is 0 Å². The molecule has 1 N–H and O–H groups in total. The first kappa shape index (κ1) is 14.7. The van der Waals surface area contributed by atoms with Crippen molar-refractivity contribution in [3.8, 4) is 0 Å². The molecule has 1 aromatic rings. The monoisotopic (exact) mass is 251 g/mol. The second-order valence-electron chi connectivity index (χ2n) is 6.30. The summed E-state index contributed by atoms with van der Waals surface area (Å²) in [6.07, 6.45) is 0. The molecule has 0 fully saturated rings. The van der Waals surface area contributed by atoms with Crippen molar-refractivity contribution < 1.29 is 4.79 Å². The highest BCUT2D eigenvalue weighted by Crippen LogP contribution is 2.26. The van der Waals surface area contributed by atoms with E-state index in [2.05, 4.69) is 45.0 Å². The molecule has 0 aliphatic heterocycles. The quantitative estimate of drug-likeness (QED) is 0.896. The Kier molecular flexibility index (Phi) is 4.20. The van der Waals surface area contributed by atoms with Gasteiger partial charge in [0.05, 0.1) is 5.69 Å². The van der Waals surface area contributed by atoms with Crippen molar-refractivity contribution in [1.82, 2.24) is 15.1 Å². The van der Waals surface area contributed by atoms with E-state index in [1.165, 1.54) is 0 Å². The zero-order chi connectivity index (χ0) is 14.1. The maximum atomic E-state index is 12.2. The summed E-state index contributed by atoms with van der Waals surface area (Å²) in [7, 11) is 1.83. The second-order valence-corrected chi connectivity index (χ2v) is 6.30. The van der Waals surface area contributed by atoms with E-state index in [0.29, 0.717) is 18.2 Å². The van der Waals surface area contributed by atoms with E-state index in [1.54, 1.807) is 4.68 Å². The first-order chi connectivity index (χ1) is 8.14. The van der Waals surface area contributed by atoms with Gasteiger partial charge in [0, 0.05) is 24.6 Å².